The van der Waals surface area contributed by atoms with Crippen LogP contribution in [-0.4, -0.2) is 22.9 Å². The monoisotopic (exact) mass is 366 g/mol. The number of hydrogen-bond donors (Lipinski definition) is 0. The van der Waals surface area contributed by atoms with Crippen molar-refractivity contribution in [2.75, 3.05) is 16.8 Å². The minimum Gasteiger partial charge on any atom is -0.352 e. The lowest BCUT2D eigenvalue weighted by Crippen LogP contribution is -2.42. The average molecular weight is 368 g/mol. The van der Waals surface area contributed by atoms with Crippen LogP contribution in [0.2, 0.25) is 5.02 Å². The third kappa shape index (κ3) is 2.71. The Labute approximate surface area is 118 Å². The van der Waals surface area contributed by atoms with Crippen LogP contribution in [0.4, 0.5) is 5.82 Å². The van der Waals surface area contributed by atoms with Gasteiger partial charge in [0, 0.05) is 24.1 Å². The standard InChI is InChI=1S/C11H13Br2ClN2/c12-4-5-16(9-2-1-3-9)11-10(13)6-8(14)7-15-11/h6-7,9H,1-5H2. The second-order valence-corrected chi connectivity index (χ2v) is 6.01. The number of alkyl halides is 1. The molecule has 0 aromatic carbocycles. The second kappa shape index (κ2) is 5.69. The molecule has 0 bridgehead atoms. The minimum atomic E-state index is 0.641. The van der Waals surface area contributed by atoms with E-state index < -0.39 is 0 Å². The summed E-state index contributed by atoms with van der Waals surface area (Å²) in [6.07, 6.45) is 5.57. The molecule has 0 saturated heterocycles. The summed E-state index contributed by atoms with van der Waals surface area (Å²) in [5.74, 6) is 1.01. The van der Waals surface area contributed by atoms with Gasteiger partial charge in [-0.1, -0.05) is 27.5 Å². The molecule has 0 aliphatic heterocycles. The fourth-order valence-corrected chi connectivity index (χ4v) is 3.12. The molecule has 1 aliphatic carbocycles. The van der Waals surface area contributed by atoms with E-state index in [1.54, 1.807) is 6.20 Å². The van der Waals surface area contributed by atoms with Gasteiger partial charge in [-0.25, -0.2) is 4.98 Å². The summed E-state index contributed by atoms with van der Waals surface area (Å²) in [5.41, 5.74) is 0. The first kappa shape index (κ1) is 12.7. The van der Waals surface area contributed by atoms with Crippen molar-refractivity contribution in [2.45, 2.75) is 25.3 Å². The first-order valence-corrected chi connectivity index (χ1v) is 7.65. The summed E-state index contributed by atoms with van der Waals surface area (Å²) in [7, 11) is 0. The molecule has 1 aliphatic rings. The lowest BCUT2D eigenvalue weighted by atomic mass is 9.91. The highest BCUT2D eigenvalue weighted by molar-refractivity contribution is 9.10. The zero-order chi connectivity index (χ0) is 11.5. The molecule has 0 N–H and O–H groups in total. The first-order valence-electron chi connectivity index (χ1n) is 5.36. The Bertz CT molecular complexity index is 369. The number of aromatic nitrogens is 1. The Balaban J connectivity index is 2.23. The van der Waals surface area contributed by atoms with Crippen molar-refractivity contribution in [3.05, 3.63) is 21.8 Å². The number of pyridine rings is 1. The highest BCUT2D eigenvalue weighted by Gasteiger charge is 2.26. The maximum atomic E-state index is 5.91. The van der Waals surface area contributed by atoms with Crippen LogP contribution in [0, 0.1) is 0 Å². The van der Waals surface area contributed by atoms with Crippen LogP contribution in [-0.2, 0) is 0 Å². The Morgan fingerprint density at radius 2 is 2.25 bits per heavy atom. The van der Waals surface area contributed by atoms with Gasteiger partial charge >= 0.3 is 0 Å². The molecule has 2 rings (SSSR count). The van der Waals surface area contributed by atoms with Crippen LogP contribution in [0.15, 0.2) is 16.7 Å². The molecule has 0 unspecified atom stereocenters. The van der Waals surface area contributed by atoms with Gasteiger partial charge in [-0.15, -0.1) is 0 Å². The number of rotatable bonds is 4. The van der Waals surface area contributed by atoms with Crippen molar-refractivity contribution < 1.29 is 0 Å². The molecule has 0 radical (unpaired) electrons. The molecule has 88 valence electrons. The van der Waals surface area contributed by atoms with Crippen LogP contribution in [0.1, 0.15) is 19.3 Å². The minimum absolute atomic E-state index is 0.641. The van der Waals surface area contributed by atoms with Crippen LogP contribution in [0.25, 0.3) is 0 Å². The smallest absolute Gasteiger partial charge is 0.143 e. The molecule has 0 spiro atoms. The van der Waals surface area contributed by atoms with Crippen molar-refractivity contribution >= 4 is 49.3 Å². The molecule has 1 fully saturated rings. The lowest BCUT2D eigenvalue weighted by Gasteiger charge is -2.38. The Morgan fingerprint density at radius 3 is 2.75 bits per heavy atom. The molecule has 2 nitrogen and oxygen atoms in total. The fraction of sp³-hybridized carbons (Fsp3) is 0.545. The molecular weight excluding hydrogens is 355 g/mol. The third-order valence-electron chi connectivity index (χ3n) is 2.90. The van der Waals surface area contributed by atoms with E-state index >= 15 is 0 Å². The molecule has 1 aromatic rings. The van der Waals surface area contributed by atoms with Crippen molar-refractivity contribution in [1.29, 1.82) is 0 Å². The largest absolute Gasteiger partial charge is 0.352 e. The molecular formula is C11H13Br2ClN2. The van der Waals surface area contributed by atoms with Gasteiger partial charge in [0.05, 0.1) is 9.50 Å². The summed E-state index contributed by atoms with van der Waals surface area (Å²) in [5, 5.41) is 1.63. The van der Waals surface area contributed by atoms with E-state index in [0.29, 0.717) is 11.1 Å². The highest BCUT2D eigenvalue weighted by atomic mass is 79.9. The summed E-state index contributed by atoms with van der Waals surface area (Å²) in [4.78, 5) is 6.79. The highest BCUT2D eigenvalue weighted by Crippen LogP contribution is 2.33. The van der Waals surface area contributed by atoms with E-state index in [2.05, 4.69) is 41.7 Å². The maximum Gasteiger partial charge on any atom is 0.143 e. The lowest BCUT2D eigenvalue weighted by molar-refractivity contribution is 0.389. The molecule has 1 saturated carbocycles. The number of anilines is 1. The van der Waals surface area contributed by atoms with E-state index in [9.17, 15) is 0 Å². The van der Waals surface area contributed by atoms with E-state index in [0.717, 1.165) is 22.2 Å². The van der Waals surface area contributed by atoms with Gasteiger partial charge in [0.1, 0.15) is 5.82 Å². The van der Waals surface area contributed by atoms with Gasteiger partial charge < -0.3 is 4.90 Å². The van der Waals surface area contributed by atoms with Gasteiger partial charge in [-0.05, 0) is 41.3 Å². The van der Waals surface area contributed by atoms with Crippen molar-refractivity contribution in [2.24, 2.45) is 0 Å². The maximum absolute atomic E-state index is 5.91. The summed E-state index contributed by atoms with van der Waals surface area (Å²) < 4.78 is 0.979. The normalized spacial score (nSPS) is 15.9. The Morgan fingerprint density at radius 1 is 1.50 bits per heavy atom. The SMILES string of the molecule is Clc1cnc(N(CCBr)C2CCC2)c(Br)c1. The number of nitrogens with zero attached hydrogens (tertiary/aromatic N) is 2. The Kier molecular flexibility index (Phi) is 4.50. The Hall–Kier alpha value is 0.200. The summed E-state index contributed by atoms with van der Waals surface area (Å²) >= 11 is 12.9. The van der Waals surface area contributed by atoms with Crippen molar-refractivity contribution in [1.82, 2.24) is 4.98 Å². The molecule has 1 aromatic heterocycles. The molecule has 16 heavy (non-hydrogen) atoms. The molecule has 0 amide bonds. The van der Waals surface area contributed by atoms with Gasteiger partial charge in [-0.2, -0.15) is 0 Å². The fourth-order valence-electron chi connectivity index (χ4n) is 1.87. The van der Waals surface area contributed by atoms with Gasteiger partial charge in [0.25, 0.3) is 0 Å². The number of hydrogen-bond acceptors (Lipinski definition) is 2. The number of halogens is 3. The van der Waals surface area contributed by atoms with Crippen LogP contribution < -0.4 is 4.90 Å². The molecule has 0 atom stereocenters. The predicted octanol–water partition coefficient (Wildman–Crippen LogP) is 4.25. The topological polar surface area (TPSA) is 16.1 Å². The molecule has 5 heteroatoms. The first-order chi connectivity index (χ1) is 7.72. The van der Waals surface area contributed by atoms with Crippen LogP contribution in [0.3, 0.4) is 0 Å². The van der Waals surface area contributed by atoms with Gasteiger partial charge in [0.2, 0.25) is 0 Å². The zero-order valence-electron chi connectivity index (χ0n) is 8.80. The van der Waals surface area contributed by atoms with Crippen molar-refractivity contribution in [3.63, 3.8) is 0 Å². The summed E-state index contributed by atoms with van der Waals surface area (Å²) in [6.45, 7) is 0.984. The van der Waals surface area contributed by atoms with E-state index in [1.807, 2.05) is 6.07 Å². The second-order valence-electron chi connectivity index (χ2n) is 3.93. The van der Waals surface area contributed by atoms with E-state index in [-0.39, 0.29) is 0 Å². The third-order valence-corrected chi connectivity index (χ3v) is 4.05. The van der Waals surface area contributed by atoms with Crippen LogP contribution >= 0.6 is 43.5 Å². The van der Waals surface area contributed by atoms with Crippen molar-refractivity contribution in [3.8, 4) is 0 Å². The molecule has 1 heterocycles. The van der Waals surface area contributed by atoms with Gasteiger partial charge in [-0.3, -0.25) is 0 Å². The van der Waals surface area contributed by atoms with E-state index in [4.69, 9.17) is 11.6 Å². The zero-order valence-corrected chi connectivity index (χ0v) is 12.7. The summed E-state index contributed by atoms with van der Waals surface area (Å²) in [6, 6.07) is 2.55. The quantitative estimate of drug-likeness (QED) is 0.739. The predicted molar refractivity (Wildman–Crippen MR) is 75.7 cm³/mol. The van der Waals surface area contributed by atoms with Gasteiger partial charge in [0.15, 0.2) is 0 Å². The van der Waals surface area contributed by atoms with E-state index in [1.165, 1.54) is 19.3 Å². The van der Waals surface area contributed by atoms with Crippen LogP contribution in [0.5, 0.6) is 0 Å². The average Bonchev–Trinajstić information content (AvgIpc) is 2.14.